The third-order valence-electron chi connectivity index (χ3n) is 4.12. The first-order chi connectivity index (χ1) is 13.2. The molecule has 0 saturated carbocycles. The number of carbonyl (C=O) groups is 5. The van der Waals surface area contributed by atoms with Crippen LogP contribution in [0, 0.1) is 0 Å². The van der Waals surface area contributed by atoms with Gasteiger partial charge in [0.25, 0.3) is 11.8 Å². The van der Waals surface area contributed by atoms with Crippen LogP contribution in [-0.4, -0.2) is 93.6 Å². The summed E-state index contributed by atoms with van der Waals surface area (Å²) in [5, 5.41) is 30.1. The van der Waals surface area contributed by atoms with Crippen molar-refractivity contribution in [1.82, 2.24) is 15.1 Å². The molecule has 0 aromatic rings. The first kappa shape index (κ1) is 23.2. The summed E-state index contributed by atoms with van der Waals surface area (Å²) >= 11 is 0. The summed E-state index contributed by atoms with van der Waals surface area (Å²) in [6.07, 6.45) is 4.24. The Bertz CT molecular complexity index is 600. The summed E-state index contributed by atoms with van der Waals surface area (Å²) in [5.74, 6) is -4.49. The van der Waals surface area contributed by atoms with Crippen LogP contribution in [0.1, 0.15) is 25.7 Å². The van der Waals surface area contributed by atoms with E-state index in [0.717, 1.165) is 9.80 Å². The molecular weight excluding hydrogens is 374 g/mol. The molecule has 4 N–H and O–H groups in total. The highest BCUT2D eigenvalue weighted by Gasteiger charge is 2.28. The monoisotopic (exact) mass is 399 g/mol. The minimum atomic E-state index is -1.29. The number of hydrogen-bond donors (Lipinski definition) is 4. The Morgan fingerprint density at radius 1 is 0.929 bits per heavy atom. The number of imide groups is 1. The Hall–Kier alpha value is -2.79. The fourth-order valence-corrected chi connectivity index (χ4v) is 2.81. The fourth-order valence-electron chi connectivity index (χ4n) is 2.81. The van der Waals surface area contributed by atoms with Crippen molar-refractivity contribution in [2.75, 3.05) is 32.7 Å². The lowest BCUT2D eigenvalue weighted by molar-refractivity contribution is -0.149. The van der Waals surface area contributed by atoms with E-state index in [9.17, 15) is 29.1 Å². The van der Waals surface area contributed by atoms with Gasteiger partial charge in [0.05, 0.1) is 13.1 Å². The summed E-state index contributed by atoms with van der Waals surface area (Å²) in [6, 6.07) is -1.19. The van der Waals surface area contributed by atoms with Gasteiger partial charge in [-0.1, -0.05) is 6.42 Å². The van der Waals surface area contributed by atoms with Gasteiger partial charge in [-0.3, -0.25) is 33.8 Å². The SMILES string of the molecule is O=C(O)CN(CC(=O)O)C(CCCCNCCCN1C(=O)C=CC1=O)C(=O)O. The Kier molecular flexibility index (Phi) is 9.82. The number of carbonyl (C=O) groups excluding carboxylic acids is 2. The zero-order valence-electron chi connectivity index (χ0n) is 15.4. The maximum atomic E-state index is 11.4. The zero-order chi connectivity index (χ0) is 21.1. The van der Waals surface area contributed by atoms with E-state index in [-0.39, 0.29) is 18.2 Å². The van der Waals surface area contributed by atoms with Crippen LogP contribution in [0.15, 0.2) is 12.2 Å². The number of amides is 2. The second-order valence-corrected chi connectivity index (χ2v) is 6.31. The molecule has 1 aliphatic rings. The number of nitrogens with zero attached hydrogens (tertiary/aromatic N) is 2. The highest BCUT2D eigenvalue weighted by atomic mass is 16.4. The van der Waals surface area contributed by atoms with E-state index in [1.807, 2.05) is 0 Å². The number of rotatable bonds is 15. The van der Waals surface area contributed by atoms with E-state index in [1.165, 1.54) is 12.2 Å². The van der Waals surface area contributed by atoms with Crippen molar-refractivity contribution in [3.63, 3.8) is 0 Å². The maximum absolute atomic E-state index is 11.4. The van der Waals surface area contributed by atoms with Crippen LogP contribution in [0.25, 0.3) is 0 Å². The molecule has 1 aliphatic heterocycles. The quantitative estimate of drug-likeness (QED) is 0.198. The minimum Gasteiger partial charge on any atom is -0.480 e. The molecule has 0 saturated heterocycles. The molecule has 11 nitrogen and oxygen atoms in total. The average Bonchev–Trinajstić information content (AvgIpc) is 2.90. The van der Waals surface area contributed by atoms with Crippen LogP contribution in [-0.2, 0) is 24.0 Å². The molecule has 1 atom stereocenters. The molecule has 0 aromatic carbocycles. The van der Waals surface area contributed by atoms with E-state index < -0.39 is 37.0 Å². The first-order valence-corrected chi connectivity index (χ1v) is 8.87. The number of hydrogen-bond acceptors (Lipinski definition) is 7. The lowest BCUT2D eigenvalue weighted by atomic mass is 10.1. The van der Waals surface area contributed by atoms with Crippen LogP contribution in [0.5, 0.6) is 0 Å². The van der Waals surface area contributed by atoms with Crippen molar-refractivity contribution in [1.29, 1.82) is 0 Å². The average molecular weight is 399 g/mol. The zero-order valence-corrected chi connectivity index (χ0v) is 15.4. The Morgan fingerprint density at radius 3 is 1.96 bits per heavy atom. The van der Waals surface area contributed by atoms with Crippen LogP contribution >= 0.6 is 0 Å². The second-order valence-electron chi connectivity index (χ2n) is 6.31. The van der Waals surface area contributed by atoms with Gasteiger partial charge in [-0.15, -0.1) is 0 Å². The smallest absolute Gasteiger partial charge is 0.320 e. The van der Waals surface area contributed by atoms with Gasteiger partial charge in [-0.25, -0.2) is 0 Å². The van der Waals surface area contributed by atoms with Crippen molar-refractivity contribution >= 4 is 29.7 Å². The fraction of sp³-hybridized carbons (Fsp3) is 0.588. The Morgan fingerprint density at radius 2 is 1.46 bits per heavy atom. The summed E-state index contributed by atoms with van der Waals surface area (Å²) in [7, 11) is 0. The molecule has 0 aliphatic carbocycles. The van der Waals surface area contributed by atoms with Crippen molar-refractivity contribution in [2.45, 2.75) is 31.7 Å². The molecule has 1 heterocycles. The van der Waals surface area contributed by atoms with Crippen LogP contribution in [0.2, 0.25) is 0 Å². The van der Waals surface area contributed by atoms with Gasteiger partial charge in [-0.2, -0.15) is 0 Å². The molecule has 28 heavy (non-hydrogen) atoms. The molecule has 0 bridgehead atoms. The lowest BCUT2D eigenvalue weighted by Gasteiger charge is -2.25. The number of carboxylic acids is 3. The van der Waals surface area contributed by atoms with E-state index in [1.54, 1.807) is 0 Å². The molecule has 1 rings (SSSR count). The van der Waals surface area contributed by atoms with E-state index in [4.69, 9.17) is 10.2 Å². The van der Waals surface area contributed by atoms with Crippen LogP contribution < -0.4 is 5.32 Å². The van der Waals surface area contributed by atoms with E-state index in [2.05, 4.69) is 5.32 Å². The van der Waals surface area contributed by atoms with Crippen molar-refractivity contribution in [3.05, 3.63) is 12.2 Å². The van der Waals surface area contributed by atoms with E-state index >= 15 is 0 Å². The molecule has 0 radical (unpaired) electrons. The molecule has 1 unspecified atom stereocenters. The summed E-state index contributed by atoms with van der Waals surface area (Å²) in [6.45, 7) is 0.140. The number of nitrogens with one attached hydrogen (secondary N) is 1. The standard InChI is InChI=1S/C17H25N3O8/c21-13-5-6-14(22)20(13)9-3-8-18-7-2-1-4-12(17(27)28)19(10-15(23)24)11-16(25)26/h5-6,12,18H,1-4,7-11H2,(H,23,24)(H,25,26)(H,27,28). The van der Waals surface area contributed by atoms with Gasteiger partial charge < -0.3 is 20.6 Å². The molecule has 156 valence electrons. The van der Waals surface area contributed by atoms with Crippen LogP contribution in [0.4, 0.5) is 0 Å². The lowest BCUT2D eigenvalue weighted by Crippen LogP contribution is -2.46. The molecule has 2 amide bonds. The normalized spacial score (nSPS) is 14.7. The third-order valence-corrected chi connectivity index (χ3v) is 4.12. The molecule has 0 spiro atoms. The van der Waals surface area contributed by atoms with Crippen molar-refractivity contribution in [2.24, 2.45) is 0 Å². The summed E-state index contributed by atoms with van der Waals surface area (Å²) in [5.41, 5.74) is 0. The topological polar surface area (TPSA) is 165 Å². The Balaban J connectivity index is 2.26. The predicted octanol–water partition coefficient (Wildman–Crippen LogP) is -1.01. The van der Waals surface area contributed by atoms with Gasteiger partial charge in [0.15, 0.2) is 0 Å². The van der Waals surface area contributed by atoms with Crippen molar-refractivity contribution in [3.8, 4) is 0 Å². The number of unbranched alkanes of at least 4 members (excludes halogenated alkanes) is 1. The van der Waals surface area contributed by atoms with Crippen molar-refractivity contribution < 1.29 is 39.3 Å². The first-order valence-electron chi connectivity index (χ1n) is 8.87. The highest BCUT2D eigenvalue weighted by molar-refractivity contribution is 6.12. The van der Waals surface area contributed by atoms with Crippen LogP contribution in [0.3, 0.4) is 0 Å². The third kappa shape index (κ3) is 8.27. The maximum Gasteiger partial charge on any atom is 0.320 e. The predicted molar refractivity (Wildman–Crippen MR) is 95.5 cm³/mol. The molecule has 0 fully saturated rings. The van der Waals surface area contributed by atoms with Gasteiger partial charge in [-0.05, 0) is 32.4 Å². The second kappa shape index (κ2) is 11.8. The summed E-state index contributed by atoms with van der Waals surface area (Å²) < 4.78 is 0. The molecule has 0 aromatic heterocycles. The van der Waals surface area contributed by atoms with Gasteiger partial charge >= 0.3 is 17.9 Å². The minimum absolute atomic E-state index is 0.125. The Labute approximate surface area is 161 Å². The number of aliphatic carboxylic acids is 3. The highest BCUT2D eigenvalue weighted by Crippen LogP contribution is 2.10. The van der Waals surface area contributed by atoms with Gasteiger partial charge in [0.1, 0.15) is 6.04 Å². The molecular formula is C17H25N3O8. The van der Waals surface area contributed by atoms with Gasteiger partial charge in [0.2, 0.25) is 0 Å². The summed E-state index contributed by atoms with van der Waals surface area (Å²) in [4.78, 5) is 57.9. The van der Waals surface area contributed by atoms with E-state index in [0.29, 0.717) is 38.9 Å². The number of carboxylic acid groups (broad SMARTS) is 3. The molecule has 11 heteroatoms. The van der Waals surface area contributed by atoms with Gasteiger partial charge in [0, 0.05) is 18.7 Å². The largest absolute Gasteiger partial charge is 0.480 e.